The average molecular weight is 284 g/mol. The molecule has 0 saturated heterocycles. The summed E-state index contributed by atoms with van der Waals surface area (Å²) in [6.07, 6.45) is 2.90. The summed E-state index contributed by atoms with van der Waals surface area (Å²) in [6, 6.07) is 7.54. The van der Waals surface area contributed by atoms with Crippen molar-refractivity contribution in [3.8, 4) is 11.8 Å². The Morgan fingerprint density at radius 3 is 2.86 bits per heavy atom. The minimum absolute atomic E-state index is 0.181. The van der Waals surface area contributed by atoms with E-state index in [9.17, 15) is 9.18 Å². The molecular formula is C16H13FN2O2. The van der Waals surface area contributed by atoms with E-state index in [1.54, 1.807) is 12.1 Å². The molecule has 106 valence electrons. The van der Waals surface area contributed by atoms with Gasteiger partial charge in [0.1, 0.15) is 12.4 Å². The number of rotatable bonds is 2. The first kappa shape index (κ1) is 14.7. The number of pyridine rings is 1. The van der Waals surface area contributed by atoms with Gasteiger partial charge in [-0.3, -0.25) is 9.78 Å². The summed E-state index contributed by atoms with van der Waals surface area (Å²) in [6.45, 7) is -0.314. The predicted molar refractivity (Wildman–Crippen MR) is 77.3 cm³/mol. The quantitative estimate of drug-likeness (QED) is 0.856. The van der Waals surface area contributed by atoms with Crippen LogP contribution in [-0.4, -0.2) is 29.7 Å². The number of aromatic nitrogens is 1. The second-order valence-electron chi connectivity index (χ2n) is 4.20. The number of nitrogens with zero attached hydrogens (tertiary/aromatic N) is 2. The van der Waals surface area contributed by atoms with E-state index in [4.69, 9.17) is 5.11 Å². The molecule has 1 aromatic carbocycles. The largest absolute Gasteiger partial charge is 0.384 e. The van der Waals surface area contributed by atoms with E-state index in [0.717, 1.165) is 0 Å². The third kappa shape index (κ3) is 3.25. The van der Waals surface area contributed by atoms with Crippen LogP contribution in [0.3, 0.4) is 0 Å². The van der Waals surface area contributed by atoms with Crippen LogP contribution in [-0.2, 0) is 0 Å². The molecule has 0 aliphatic rings. The van der Waals surface area contributed by atoms with E-state index >= 15 is 0 Å². The second kappa shape index (κ2) is 6.64. The van der Waals surface area contributed by atoms with Crippen molar-refractivity contribution in [2.24, 2.45) is 0 Å². The van der Waals surface area contributed by atoms with Crippen LogP contribution in [0.2, 0.25) is 0 Å². The Morgan fingerprint density at radius 2 is 2.14 bits per heavy atom. The Kier molecular flexibility index (Phi) is 4.64. The molecule has 2 aromatic rings. The molecule has 0 bridgehead atoms. The van der Waals surface area contributed by atoms with Crippen molar-refractivity contribution in [2.75, 3.05) is 18.6 Å². The topological polar surface area (TPSA) is 53.4 Å². The Bertz CT molecular complexity index is 719. The number of amides is 1. The third-order valence-corrected chi connectivity index (χ3v) is 2.87. The lowest BCUT2D eigenvalue weighted by Crippen LogP contribution is -2.27. The maximum atomic E-state index is 13.8. The predicted octanol–water partition coefficient (Wildman–Crippen LogP) is 1.84. The molecule has 0 aliphatic heterocycles. The summed E-state index contributed by atoms with van der Waals surface area (Å²) < 4.78 is 13.8. The minimum Gasteiger partial charge on any atom is -0.384 e. The molecule has 0 spiro atoms. The van der Waals surface area contributed by atoms with Crippen LogP contribution in [0.25, 0.3) is 0 Å². The number of anilines is 1. The van der Waals surface area contributed by atoms with Gasteiger partial charge in [-0.2, -0.15) is 0 Å². The monoisotopic (exact) mass is 284 g/mol. The summed E-state index contributed by atoms with van der Waals surface area (Å²) in [5.74, 6) is 4.25. The number of carbonyl (C=O) groups excluding carboxylic acids is 1. The second-order valence-corrected chi connectivity index (χ2v) is 4.20. The zero-order valence-electron chi connectivity index (χ0n) is 11.4. The first-order valence-electron chi connectivity index (χ1n) is 6.21. The van der Waals surface area contributed by atoms with Crippen LogP contribution in [0, 0.1) is 17.7 Å². The van der Waals surface area contributed by atoms with Crippen molar-refractivity contribution in [3.05, 3.63) is 59.7 Å². The van der Waals surface area contributed by atoms with Crippen molar-refractivity contribution < 1.29 is 14.3 Å². The van der Waals surface area contributed by atoms with Gasteiger partial charge in [-0.1, -0.05) is 24.0 Å². The van der Waals surface area contributed by atoms with Gasteiger partial charge >= 0.3 is 0 Å². The van der Waals surface area contributed by atoms with Crippen molar-refractivity contribution in [2.45, 2.75) is 0 Å². The molecule has 1 amide bonds. The molecule has 0 radical (unpaired) electrons. The molecule has 4 nitrogen and oxygen atoms in total. The van der Waals surface area contributed by atoms with Gasteiger partial charge in [0.05, 0.1) is 16.8 Å². The summed E-state index contributed by atoms with van der Waals surface area (Å²) in [5, 5.41) is 8.74. The van der Waals surface area contributed by atoms with E-state index in [2.05, 4.69) is 16.8 Å². The van der Waals surface area contributed by atoms with E-state index in [-0.39, 0.29) is 12.3 Å². The highest BCUT2D eigenvalue weighted by atomic mass is 19.1. The Balaban J connectivity index is 2.39. The fourth-order valence-corrected chi connectivity index (χ4v) is 1.83. The van der Waals surface area contributed by atoms with Gasteiger partial charge in [0.25, 0.3) is 5.91 Å². The fourth-order valence-electron chi connectivity index (χ4n) is 1.83. The zero-order chi connectivity index (χ0) is 15.2. The maximum absolute atomic E-state index is 13.8. The number of hydrogen-bond acceptors (Lipinski definition) is 3. The molecule has 21 heavy (non-hydrogen) atoms. The molecule has 2 rings (SSSR count). The van der Waals surface area contributed by atoms with Gasteiger partial charge in [0.2, 0.25) is 0 Å². The van der Waals surface area contributed by atoms with Gasteiger partial charge in [0.15, 0.2) is 0 Å². The number of aliphatic hydroxyl groups excluding tert-OH is 1. The van der Waals surface area contributed by atoms with Crippen LogP contribution < -0.4 is 4.90 Å². The van der Waals surface area contributed by atoms with Gasteiger partial charge in [0, 0.05) is 19.4 Å². The highest BCUT2D eigenvalue weighted by Gasteiger charge is 2.18. The van der Waals surface area contributed by atoms with E-state index in [0.29, 0.717) is 11.1 Å². The molecule has 0 unspecified atom stereocenters. The van der Waals surface area contributed by atoms with Gasteiger partial charge in [-0.05, 0) is 18.2 Å². The van der Waals surface area contributed by atoms with E-state index in [1.807, 2.05) is 0 Å². The molecule has 0 saturated carbocycles. The van der Waals surface area contributed by atoms with Crippen LogP contribution >= 0.6 is 0 Å². The number of hydrogen-bond donors (Lipinski definition) is 1. The highest BCUT2D eigenvalue weighted by molar-refractivity contribution is 6.07. The van der Waals surface area contributed by atoms with Crippen molar-refractivity contribution in [3.63, 3.8) is 0 Å². The highest BCUT2D eigenvalue weighted by Crippen LogP contribution is 2.20. The molecule has 1 aromatic heterocycles. The molecule has 0 aliphatic carbocycles. The molecule has 5 heteroatoms. The third-order valence-electron chi connectivity index (χ3n) is 2.87. The molecule has 1 heterocycles. The SMILES string of the molecule is CN(C(=O)c1ccncc1C#CCO)c1ccccc1F. The van der Waals surface area contributed by atoms with Crippen LogP contribution in [0.15, 0.2) is 42.7 Å². The minimum atomic E-state index is -0.481. The molecule has 1 N–H and O–H groups in total. The summed E-state index contributed by atoms with van der Waals surface area (Å²) in [5.41, 5.74) is 0.872. The number of benzene rings is 1. The number of halogens is 1. The summed E-state index contributed by atoms with van der Waals surface area (Å²) in [4.78, 5) is 17.6. The Morgan fingerprint density at radius 1 is 1.38 bits per heavy atom. The van der Waals surface area contributed by atoms with Gasteiger partial charge in [-0.25, -0.2) is 4.39 Å². The number of para-hydroxylation sites is 1. The van der Waals surface area contributed by atoms with E-state index < -0.39 is 11.7 Å². The lowest BCUT2D eigenvalue weighted by atomic mass is 10.1. The Hall–Kier alpha value is -2.71. The Labute approximate surface area is 121 Å². The molecule has 0 fully saturated rings. The average Bonchev–Trinajstić information content (AvgIpc) is 2.52. The van der Waals surface area contributed by atoms with Gasteiger partial charge < -0.3 is 10.0 Å². The molecular weight excluding hydrogens is 271 g/mol. The van der Waals surface area contributed by atoms with Crippen molar-refractivity contribution in [1.29, 1.82) is 0 Å². The molecule has 0 atom stereocenters. The fraction of sp³-hybridized carbons (Fsp3) is 0.125. The number of aliphatic hydroxyl groups is 1. The van der Waals surface area contributed by atoms with Crippen LogP contribution in [0.1, 0.15) is 15.9 Å². The first-order valence-corrected chi connectivity index (χ1v) is 6.21. The standard InChI is InChI=1S/C16H13FN2O2/c1-19(15-7-3-2-6-14(15)17)16(21)13-8-9-18-11-12(13)5-4-10-20/h2-3,6-9,11,20H,10H2,1H3. The van der Waals surface area contributed by atoms with Crippen molar-refractivity contribution >= 4 is 11.6 Å². The first-order chi connectivity index (χ1) is 10.1. The van der Waals surface area contributed by atoms with Crippen LogP contribution in [0.5, 0.6) is 0 Å². The summed E-state index contributed by atoms with van der Waals surface area (Å²) >= 11 is 0. The zero-order valence-corrected chi connectivity index (χ0v) is 11.4. The van der Waals surface area contributed by atoms with Crippen molar-refractivity contribution in [1.82, 2.24) is 4.98 Å². The lowest BCUT2D eigenvalue weighted by molar-refractivity contribution is 0.0992. The maximum Gasteiger partial charge on any atom is 0.259 e. The van der Waals surface area contributed by atoms with Crippen LogP contribution in [0.4, 0.5) is 10.1 Å². The normalized spacial score (nSPS) is 9.67. The van der Waals surface area contributed by atoms with Gasteiger partial charge in [-0.15, -0.1) is 0 Å². The summed E-state index contributed by atoms with van der Waals surface area (Å²) in [7, 11) is 1.49. The number of carbonyl (C=O) groups is 1. The van der Waals surface area contributed by atoms with E-state index in [1.165, 1.54) is 42.5 Å². The lowest BCUT2D eigenvalue weighted by Gasteiger charge is -2.18. The smallest absolute Gasteiger partial charge is 0.259 e.